The van der Waals surface area contributed by atoms with Gasteiger partial charge in [0.15, 0.2) is 5.65 Å². The molecule has 8 nitrogen and oxygen atoms in total. The predicted molar refractivity (Wildman–Crippen MR) is 174 cm³/mol. The molecule has 1 fully saturated rings. The molecule has 5 rings (SSSR count). The number of carbonyl (C=O) groups excluding carboxylic acids is 1. The molecule has 1 amide bonds. The number of hydrogen-bond donors (Lipinski definition) is 2. The lowest BCUT2D eigenvalue weighted by Crippen LogP contribution is -2.45. The number of halogens is 3. The fourth-order valence-electron chi connectivity index (χ4n) is 4.82. The summed E-state index contributed by atoms with van der Waals surface area (Å²) in [6, 6.07) is 12.5. The average molecular weight is 638 g/mol. The van der Waals surface area contributed by atoms with Crippen molar-refractivity contribution in [2.24, 2.45) is 0 Å². The lowest BCUT2D eigenvalue weighted by Gasteiger charge is -2.33. The Kier molecular flexibility index (Phi) is 12.0. The van der Waals surface area contributed by atoms with E-state index in [2.05, 4.69) is 48.0 Å². The van der Waals surface area contributed by atoms with E-state index in [1.807, 2.05) is 26.8 Å². The first-order chi connectivity index (χ1) is 21.7. The summed E-state index contributed by atoms with van der Waals surface area (Å²) in [5.41, 5.74) is 2.43. The van der Waals surface area contributed by atoms with E-state index in [9.17, 15) is 18.0 Å². The molecule has 2 aromatic heterocycles. The first kappa shape index (κ1) is 34.0. The number of benzene rings is 2. The van der Waals surface area contributed by atoms with E-state index in [-0.39, 0.29) is 23.4 Å². The van der Waals surface area contributed by atoms with Gasteiger partial charge < -0.3 is 10.6 Å². The molecule has 3 heterocycles. The van der Waals surface area contributed by atoms with Crippen molar-refractivity contribution < 1.29 is 18.0 Å². The molecule has 0 aliphatic carbocycles. The van der Waals surface area contributed by atoms with E-state index in [1.165, 1.54) is 12.1 Å². The Morgan fingerprint density at radius 1 is 1.04 bits per heavy atom. The third-order valence-corrected chi connectivity index (χ3v) is 8.17. The minimum absolute atomic E-state index is 0.0674. The van der Waals surface area contributed by atoms with Crippen molar-refractivity contribution in [1.29, 1.82) is 0 Å². The van der Waals surface area contributed by atoms with Gasteiger partial charge in [-0.05, 0) is 66.6 Å². The molecular formula is C33H38F3N7OS. The van der Waals surface area contributed by atoms with Crippen molar-refractivity contribution in [3.05, 3.63) is 94.4 Å². The number of carbonyl (C=O) groups is 1. The topological polar surface area (TPSA) is 77.8 Å². The van der Waals surface area contributed by atoms with Crippen LogP contribution in [-0.4, -0.2) is 75.2 Å². The van der Waals surface area contributed by atoms with Crippen LogP contribution in [0, 0.1) is 18.8 Å². The maximum absolute atomic E-state index is 14.0. The number of rotatable bonds is 8. The molecule has 1 saturated heterocycles. The van der Waals surface area contributed by atoms with Crippen LogP contribution in [0.2, 0.25) is 0 Å². The second-order valence-corrected chi connectivity index (χ2v) is 11.1. The molecule has 0 bridgehead atoms. The highest BCUT2D eigenvalue weighted by molar-refractivity contribution is 7.96. The van der Waals surface area contributed by atoms with Crippen molar-refractivity contribution in [3.63, 3.8) is 0 Å². The molecule has 4 aromatic rings. The van der Waals surface area contributed by atoms with Crippen molar-refractivity contribution in [3.8, 4) is 11.8 Å². The highest BCUT2D eigenvalue weighted by atomic mass is 32.2. The van der Waals surface area contributed by atoms with Gasteiger partial charge in [0.05, 0.1) is 11.8 Å². The molecule has 2 N–H and O–H groups in total. The van der Waals surface area contributed by atoms with Gasteiger partial charge in [-0.25, -0.2) is 13.8 Å². The maximum Gasteiger partial charge on any atom is 0.416 e. The monoisotopic (exact) mass is 637 g/mol. The van der Waals surface area contributed by atoms with Crippen molar-refractivity contribution in [1.82, 2.24) is 29.1 Å². The Morgan fingerprint density at radius 2 is 1.82 bits per heavy atom. The Labute approximate surface area is 266 Å². The fraction of sp³-hybridized carbons (Fsp3) is 0.364. The zero-order chi connectivity index (χ0) is 32.4. The van der Waals surface area contributed by atoms with Gasteiger partial charge >= 0.3 is 6.18 Å². The highest BCUT2D eigenvalue weighted by Gasteiger charge is 2.33. The Hall–Kier alpha value is -3.89. The predicted octanol–water partition coefficient (Wildman–Crippen LogP) is 5.72. The van der Waals surface area contributed by atoms with Crippen LogP contribution in [0.4, 0.5) is 18.9 Å². The summed E-state index contributed by atoms with van der Waals surface area (Å²) in [6.07, 6.45) is 0.752. The molecule has 45 heavy (non-hydrogen) atoms. The first-order valence-electron chi connectivity index (χ1n) is 14.9. The third-order valence-electron chi connectivity index (χ3n) is 7.29. The van der Waals surface area contributed by atoms with Gasteiger partial charge in [-0.3, -0.25) is 9.69 Å². The summed E-state index contributed by atoms with van der Waals surface area (Å²) in [5, 5.41) is 10.0. The Bertz CT molecular complexity index is 1650. The number of hydrogen-bond acceptors (Lipinski definition) is 7. The SMILES string of the molecule is CC.CSN1CCN(CCNCc2ccc(NC(=O)c3ccc(C)c(C#Cc4cnc5cccnn45)c3)cc2C(F)(F)F)CC1. The van der Waals surface area contributed by atoms with Crippen LogP contribution < -0.4 is 10.6 Å². The van der Waals surface area contributed by atoms with Crippen molar-refractivity contribution in [2.45, 2.75) is 33.5 Å². The molecular weight excluding hydrogens is 599 g/mol. The van der Waals surface area contributed by atoms with E-state index >= 15 is 0 Å². The van der Waals surface area contributed by atoms with Gasteiger partial charge in [-0.15, -0.1) is 0 Å². The number of alkyl halides is 3. The van der Waals surface area contributed by atoms with Gasteiger partial charge in [-0.1, -0.05) is 43.8 Å². The molecule has 0 atom stereocenters. The Balaban J connectivity index is 0.00000226. The van der Waals surface area contributed by atoms with Gasteiger partial charge in [-0.2, -0.15) is 18.3 Å². The van der Waals surface area contributed by atoms with Gasteiger partial charge in [0, 0.05) is 68.8 Å². The summed E-state index contributed by atoms with van der Waals surface area (Å²) < 4.78 is 45.8. The number of amides is 1. The van der Waals surface area contributed by atoms with Crippen LogP contribution in [0.5, 0.6) is 0 Å². The lowest BCUT2D eigenvalue weighted by molar-refractivity contribution is -0.138. The van der Waals surface area contributed by atoms with E-state index < -0.39 is 17.6 Å². The first-order valence-corrected chi connectivity index (χ1v) is 16.0. The summed E-state index contributed by atoms with van der Waals surface area (Å²) >= 11 is 1.73. The van der Waals surface area contributed by atoms with E-state index in [4.69, 9.17) is 0 Å². The number of nitrogens with one attached hydrogen (secondary N) is 2. The van der Waals surface area contributed by atoms with E-state index in [1.54, 1.807) is 53.1 Å². The van der Waals surface area contributed by atoms with Crippen molar-refractivity contribution in [2.75, 3.05) is 50.8 Å². The number of aromatic nitrogens is 3. The molecule has 1 aliphatic heterocycles. The molecule has 12 heteroatoms. The number of piperazine rings is 1. The normalized spacial score (nSPS) is 13.9. The minimum Gasteiger partial charge on any atom is -0.322 e. The van der Waals surface area contributed by atoms with Crippen LogP contribution in [0.3, 0.4) is 0 Å². The van der Waals surface area contributed by atoms with Gasteiger partial charge in [0.25, 0.3) is 5.91 Å². The summed E-state index contributed by atoms with van der Waals surface area (Å²) in [7, 11) is 0. The van der Waals surface area contributed by atoms with Crippen LogP contribution >= 0.6 is 11.9 Å². The van der Waals surface area contributed by atoms with Gasteiger partial charge in [0.2, 0.25) is 0 Å². The van der Waals surface area contributed by atoms with Crippen LogP contribution in [0.1, 0.15) is 52.2 Å². The number of fused-ring (bicyclic) bond motifs is 1. The number of aryl methyl sites for hydroxylation is 1. The lowest BCUT2D eigenvalue weighted by atomic mass is 10.0. The number of nitrogens with zero attached hydrogens (tertiary/aromatic N) is 5. The molecule has 0 unspecified atom stereocenters. The van der Waals surface area contributed by atoms with E-state index in [0.29, 0.717) is 23.4 Å². The highest BCUT2D eigenvalue weighted by Crippen LogP contribution is 2.34. The largest absolute Gasteiger partial charge is 0.416 e. The summed E-state index contributed by atoms with van der Waals surface area (Å²) in [6.45, 7) is 11.1. The average Bonchev–Trinajstić information content (AvgIpc) is 3.47. The van der Waals surface area contributed by atoms with Gasteiger partial charge in [0.1, 0.15) is 5.69 Å². The summed E-state index contributed by atoms with van der Waals surface area (Å²) in [4.78, 5) is 19.6. The van der Waals surface area contributed by atoms with Crippen LogP contribution in [-0.2, 0) is 12.7 Å². The minimum atomic E-state index is -4.56. The quantitative estimate of drug-likeness (QED) is 0.145. The van der Waals surface area contributed by atoms with E-state index in [0.717, 1.165) is 44.4 Å². The molecule has 0 radical (unpaired) electrons. The molecule has 238 valence electrons. The second kappa shape index (κ2) is 15.9. The molecule has 0 spiro atoms. The number of anilines is 1. The molecule has 1 aliphatic rings. The molecule has 0 saturated carbocycles. The fourth-order valence-corrected chi connectivity index (χ4v) is 5.34. The van der Waals surface area contributed by atoms with Crippen LogP contribution in [0.25, 0.3) is 5.65 Å². The smallest absolute Gasteiger partial charge is 0.322 e. The van der Waals surface area contributed by atoms with Crippen molar-refractivity contribution >= 4 is 29.2 Å². The second-order valence-electron chi connectivity index (χ2n) is 10.2. The number of imidazole rings is 1. The zero-order valence-electron chi connectivity index (χ0n) is 25.9. The molecule has 2 aromatic carbocycles. The van der Waals surface area contributed by atoms with Crippen LogP contribution in [0.15, 0.2) is 60.9 Å². The Morgan fingerprint density at radius 3 is 2.56 bits per heavy atom. The zero-order valence-corrected chi connectivity index (χ0v) is 26.7. The third kappa shape index (κ3) is 9.08. The standard InChI is InChI=1S/C31H32F3N7OS.C2H6/c1-22-5-6-24(18-23(22)8-10-27-21-36-29-4-3-11-37-41(27)29)30(42)38-26-9-7-25(28(19-26)31(32,33)34)20-35-12-13-39-14-16-40(43-2)17-15-39;1-2/h3-7,9,11,18-19,21,35H,12-17,20H2,1-2H3,(H,38,42);1-2H3. The maximum atomic E-state index is 14.0. The summed E-state index contributed by atoms with van der Waals surface area (Å²) in [5.74, 6) is 5.57.